The van der Waals surface area contributed by atoms with Crippen molar-refractivity contribution in [2.24, 2.45) is 4.99 Å². The van der Waals surface area contributed by atoms with Crippen molar-refractivity contribution in [1.29, 1.82) is 0 Å². The monoisotopic (exact) mass is 370 g/mol. The van der Waals surface area contributed by atoms with Gasteiger partial charge in [0.15, 0.2) is 5.96 Å². The molecule has 0 aliphatic rings. The molecular formula is C21H30N4O2. The largest absolute Gasteiger partial charge is 0.492 e. The molecule has 0 unspecified atom stereocenters. The van der Waals surface area contributed by atoms with E-state index >= 15 is 0 Å². The zero-order valence-electron chi connectivity index (χ0n) is 16.3. The molecule has 27 heavy (non-hydrogen) atoms. The molecular weight excluding hydrogens is 340 g/mol. The molecule has 6 heteroatoms. The number of aromatic nitrogens is 1. The third-order valence-electron chi connectivity index (χ3n) is 4.00. The first kappa shape index (κ1) is 20.6. The molecule has 0 fully saturated rings. The number of rotatable bonds is 10. The van der Waals surface area contributed by atoms with Crippen molar-refractivity contribution < 1.29 is 4.74 Å². The number of pyridine rings is 1. The van der Waals surface area contributed by atoms with Crippen molar-refractivity contribution in [3.05, 3.63) is 64.6 Å². The summed E-state index contributed by atoms with van der Waals surface area (Å²) in [7, 11) is 0. The second-order valence-electron chi connectivity index (χ2n) is 6.29. The van der Waals surface area contributed by atoms with Crippen LogP contribution in [0.5, 0.6) is 5.75 Å². The standard InChI is InChI=1S/C21H30N4O2/c1-3-22-21(24-14-17-27-19-11-9-18(2)10-12-19)23-13-5-7-16-25-15-6-4-8-20(25)26/h4,6,8-12,15H,3,5,7,13-14,16-17H2,1-2H3,(H2,22,23,24). The Kier molecular flexibility index (Phi) is 8.96. The lowest BCUT2D eigenvalue weighted by molar-refractivity contribution is 0.322. The van der Waals surface area contributed by atoms with Crippen molar-refractivity contribution in [2.75, 3.05) is 26.2 Å². The number of guanidine groups is 1. The minimum Gasteiger partial charge on any atom is -0.492 e. The molecule has 0 aliphatic heterocycles. The summed E-state index contributed by atoms with van der Waals surface area (Å²) in [5.74, 6) is 1.67. The van der Waals surface area contributed by atoms with E-state index in [2.05, 4.69) is 22.5 Å². The van der Waals surface area contributed by atoms with Gasteiger partial charge in [0.05, 0.1) is 6.54 Å². The molecule has 2 aromatic rings. The molecule has 0 radical (unpaired) electrons. The SMILES string of the molecule is CCNC(=NCCCCn1ccccc1=O)NCCOc1ccc(C)cc1. The molecule has 0 amide bonds. The van der Waals surface area contributed by atoms with Crippen LogP contribution in [0.25, 0.3) is 0 Å². The van der Waals surface area contributed by atoms with Crippen LogP contribution in [0.1, 0.15) is 25.3 Å². The summed E-state index contributed by atoms with van der Waals surface area (Å²) in [6, 6.07) is 13.3. The fourth-order valence-electron chi connectivity index (χ4n) is 2.54. The maximum Gasteiger partial charge on any atom is 0.250 e. The van der Waals surface area contributed by atoms with Crippen LogP contribution in [0.2, 0.25) is 0 Å². The van der Waals surface area contributed by atoms with E-state index in [-0.39, 0.29) is 5.56 Å². The molecule has 2 rings (SSSR count). The molecule has 0 saturated heterocycles. The van der Waals surface area contributed by atoms with Crippen molar-refractivity contribution in [3.8, 4) is 5.75 Å². The summed E-state index contributed by atoms with van der Waals surface area (Å²) < 4.78 is 7.45. The van der Waals surface area contributed by atoms with Crippen LogP contribution in [-0.4, -0.2) is 36.8 Å². The van der Waals surface area contributed by atoms with Crippen molar-refractivity contribution in [3.63, 3.8) is 0 Å². The van der Waals surface area contributed by atoms with Crippen LogP contribution in [-0.2, 0) is 6.54 Å². The first-order valence-corrected chi connectivity index (χ1v) is 9.56. The van der Waals surface area contributed by atoms with Crippen LogP contribution >= 0.6 is 0 Å². The predicted octanol–water partition coefficient (Wildman–Crippen LogP) is 2.57. The van der Waals surface area contributed by atoms with E-state index in [0.29, 0.717) is 13.2 Å². The highest BCUT2D eigenvalue weighted by molar-refractivity contribution is 5.79. The zero-order chi connectivity index (χ0) is 19.3. The first-order chi connectivity index (χ1) is 13.2. The topological polar surface area (TPSA) is 67.7 Å². The minimum atomic E-state index is 0.0459. The predicted molar refractivity (Wildman–Crippen MR) is 111 cm³/mol. The number of aryl methyl sites for hydroxylation is 2. The Labute approximate surface area is 161 Å². The van der Waals surface area contributed by atoms with Gasteiger partial charge in [0.1, 0.15) is 12.4 Å². The lowest BCUT2D eigenvalue weighted by Crippen LogP contribution is -2.39. The first-order valence-electron chi connectivity index (χ1n) is 9.56. The number of unbranched alkanes of at least 4 members (excludes halogenated alkanes) is 1. The summed E-state index contributed by atoms with van der Waals surface area (Å²) in [6.45, 7) is 7.61. The van der Waals surface area contributed by atoms with Gasteiger partial charge < -0.3 is 19.9 Å². The molecule has 0 spiro atoms. The fourth-order valence-corrected chi connectivity index (χ4v) is 2.54. The number of ether oxygens (including phenoxy) is 1. The molecule has 0 bridgehead atoms. The molecule has 1 aromatic heterocycles. The highest BCUT2D eigenvalue weighted by atomic mass is 16.5. The Morgan fingerprint density at radius 3 is 2.67 bits per heavy atom. The number of aliphatic imine (C=N–C) groups is 1. The summed E-state index contributed by atoms with van der Waals surface area (Å²) in [6.07, 6.45) is 3.67. The number of hydrogen-bond donors (Lipinski definition) is 2. The van der Waals surface area contributed by atoms with E-state index < -0.39 is 0 Å². The molecule has 6 nitrogen and oxygen atoms in total. The van der Waals surface area contributed by atoms with Gasteiger partial charge in [-0.2, -0.15) is 0 Å². The van der Waals surface area contributed by atoms with E-state index in [9.17, 15) is 4.79 Å². The smallest absolute Gasteiger partial charge is 0.250 e. The fraction of sp³-hybridized carbons (Fsp3) is 0.429. The molecule has 1 aromatic carbocycles. The normalized spacial score (nSPS) is 11.3. The van der Waals surface area contributed by atoms with Gasteiger partial charge in [-0.25, -0.2) is 0 Å². The van der Waals surface area contributed by atoms with Crippen molar-refractivity contribution in [1.82, 2.24) is 15.2 Å². The van der Waals surface area contributed by atoms with Gasteiger partial charge in [-0.3, -0.25) is 9.79 Å². The maximum absolute atomic E-state index is 11.6. The van der Waals surface area contributed by atoms with Crippen molar-refractivity contribution >= 4 is 5.96 Å². The zero-order valence-corrected chi connectivity index (χ0v) is 16.3. The Balaban J connectivity index is 1.66. The average molecular weight is 370 g/mol. The van der Waals surface area contributed by atoms with Gasteiger partial charge in [0, 0.05) is 31.9 Å². The van der Waals surface area contributed by atoms with Crippen LogP contribution in [0.15, 0.2) is 58.4 Å². The summed E-state index contributed by atoms with van der Waals surface area (Å²) in [4.78, 5) is 16.2. The Morgan fingerprint density at radius 1 is 1.11 bits per heavy atom. The number of benzene rings is 1. The van der Waals surface area contributed by atoms with Crippen LogP contribution in [0.3, 0.4) is 0 Å². The van der Waals surface area contributed by atoms with Crippen LogP contribution < -0.4 is 20.9 Å². The Bertz CT molecular complexity index is 753. The van der Waals surface area contributed by atoms with Crippen LogP contribution in [0, 0.1) is 6.92 Å². The lowest BCUT2D eigenvalue weighted by Gasteiger charge is -2.12. The molecule has 0 saturated carbocycles. The second kappa shape index (κ2) is 11.8. The summed E-state index contributed by atoms with van der Waals surface area (Å²) >= 11 is 0. The van der Waals surface area contributed by atoms with Gasteiger partial charge in [-0.1, -0.05) is 23.8 Å². The third-order valence-corrected chi connectivity index (χ3v) is 4.00. The summed E-state index contributed by atoms with van der Waals surface area (Å²) in [5.41, 5.74) is 1.27. The highest BCUT2D eigenvalue weighted by Crippen LogP contribution is 2.10. The second-order valence-corrected chi connectivity index (χ2v) is 6.29. The van der Waals surface area contributed by atoms with Gasteiger partial charge in [-0.05, 0) is 44.9 Å². The molecule has 2 N–H and O–H groups in total. The quantitative estimate of drug-likeness (QED) is 0.383. The van der Waals surface area contributed by atoms with Gasteiger partial charge in [0.2, 0.25) is 5.56 Å². The van der Waals surface area contributed by atoms with Crippen molar-refractivity contribution in [2.45, 2.75) is 33.2 Å². The van der Waals surface area contributed by atoms with E-state index in [1.54, 1.807) is 16.7 Å². The van der Waals surface area contributed by atoms with E-state index in [0.717, 1.165) is 44.2 Å². The Morgan fingerprint density at radius 2 is 1.93 bits per heavy atom. The average Bonchev–Trinajstić information content (AvgIpc) is 2.67. The number of hydrogen-bond acceptors (Lipinski definition) is 3. The highest BCUT2D eigenvalue weighted by Gasteiger charge is 1.98. The molecule has 0 aliphatic carbocycles. The van der Waals surface area contributed by atoms with Crippen LogP contribution in [0.4, 0.5) is 0 Å². The lowest BCUT2D eigenvalue weighted by atomic mass is 10.2. The maximum atomic E-state index is 11.6. The summed E-state index contributed by atoms with van der Waals surface area (Å²) in [5, 5.41) is 6.51. The third kappa shape index (κ3) is 7.98. The van der Waals surface area contributed by atoms with Gasteiger partial charge in [-0.15, -0.1) is 0 Å². The van der Waals surface area contributed by atoms with Gasteiger partial charge >= 0.3 is 0 Å². The minimum absolute atomic E-state index is 0.0459. The number of nitrogens with one attached hydrogen (secondary N) is 2. The molecule has 0 atom stereocenters. The molecule has 146 valence electrons. The Hall–Kier alpha value is -2.76. The molecule has 1 heterocycles. The van der Waals surface area contributed by atoms with Gasteiger partial charge in [0.25, 0.3) is 0 Å². The van der Waals surface area contributed by atoms with E-state index in [1.807, 2.05) is 43.5 Å². The number of nitrogens with zero attached hydrogens (tertiary/aromatic N) is 2. The van der Waals surface area contributed by atoms with E-state index in [4.69, 9.17) is 4.74 Å². The van der Waals surface area contributed by atoms with E-state index in [1.165, 1.54) is 5.56 Å².